The van der Waals surface area contributed by atoms with E-state index in [9.17, 15) is 0 Å². The fourth-order valence-corrected chi connectivity index (χ4v) is 2.72. The first-order chi connectivity index (χ1) is 8.61. The minimum absolute atomic E-state index is 0.144. The monoisotopic (exact) mass is 348 g/mol. The average Bonchev–Trinajstić information content (AvgIpc) is 2.75. The molecule has 0 bridgehead atoms. The summed E-state index contributed by atoms with van der Waals surface area (Å²) in [5, 5.41) is 1.02. The molecule has 1 aromatic heterocycles. The molecule has 1 aromatic carbocycles. The van der Waals surface area contributed by atoms with Crippen LogP contribution in [-0.2, 0) is 6.42 Å². The fourth-order valence-electron chi connectivity index (χ4n) is 1.72. The van der Waals surface area contributed by atoms with Crippen LogP contribution in [0.15, 0.2) is 39.4 Å². The maximum Gasteiger partial charge on any atom is 0.197 e. The molecule has 0 fully saturated rings. The molecule has 18 heavy (non-hydrogen) atoms. The second kappa shape index (κ2) is 6.08. The zero-order valence-electron chi connectivity index (χ0n) is 9.29. The molecule has 0 spiro atoms. The molecule has 3 N–H and O–H groups in total. The summed E-state index contributed by atoms with van der Waals surface area (Å²) < 4.78 is 6.00. The lowest BCUT2D eigenvalue weighted by Gasteiger charge is -2.15. The van der Waals surface area contributed by atoms with Crippen molar-refractivity contribution < 1.29 is 4.42 Å². The molecule has 0 aliphatic carbocycles. The molecule has 3 nitrogen and oxygen atoms in total. The van der Waals surface area contributed by atoms with E-state index in [1.54, 1.807) is 6.07 Å². The van der Waals surface area contributed by atoms with Gasteiger partial charge in [-0.2, -0.15) is 0 Å². The topological polar surface area (TPSA) is 51.2 Å². The van der Waals surface area contributed by atoms with Crippen LogP contribution in [0.5, 0.6) is 0 Å². The number of nitrogens with two attached hydrogens (primary N) is 1. The third kappa shape index (κ3) is 3.08. The van der Waals surface area contributed by atoms with E-state index in [2.05, 4.69) is 21.4 Å². The lowest BCUT2D eigenvalue weighted by Crippen LogP contribution is -2.29. The average molecular weight is 350 g/mol. The van der Waals surface area contributed by atoms with Crippen LogP contribution in [0.25, 0.3) is 0 Å². The van der Waals surface area contributed by atoms with Crippen LogP contribution >= 0.6 is 39.1 Å². The number of rotatable bonds is 4. The Morgan fingerprint density at radius 1 is 1.33 bits per heavy atom. The molecular weight excluding hydrogens is 339 g/mol. The Kier molecular flexibility index (Phi) is 4.70. The lowest BCUT2D eigenvalue weighted by atomic mass is 10.0. The van der Waals surface area contributed by atoms with Crippen LogP contribution in [0, 0.1) is 0 Å². The van der Waals surface area contributed by atoms with E-state index in [-0.39, 0.29) is 6.04 Å². The van der Waals surface area contributed by atoms with Crippen LogP contribution in [0.2, 0.25) is 10.2 Å². The largest absolute Gasteiger partial charge is 0.453 e. The molecule has 1 heterocycles. The van der Waals surface area contributed by atoms with Crippen molar-refractivity contribution in [1.82, 2.24) is 5.43 Å². The Hall–Kier alpha value is -0.520. The summed E-state index contributed by atoms with van der Waals surface area (Å²) >= 11 is 15.5. The smallest absolute Gasteiger partial charge is 0.197 e. The van der Waals surface area contributed by atoms with E-state index in [1.807, 2.05) is 18.2 Å². The number of furan rings is 1. The Labute approximate surface area is 123 Å². The van der Waals surface area contributed by atoms with E-state index in [1.165, 1.54) is 6.26 Å². The maximum atomic E-state index is 6.18. The third-order valence-corrected chi connectivity index (χ3v) is 3.81. The van der Waals surface area contributed by atoms with Crippen molar-refractivity contribution in [2.75, 3.05) is 0 Å². The molecular formula is C12H11BrCl2N2O. The van der Waals surface area contributed by atoms with Gasteiger partial charge in [-0.1, -0.05) is 33.6 Å². The molecule has 0 saturated heterocycles. The molecule has 1 unspecified atom stereocenters. The van der Waals surface area contributed by atoms with Gasteiger partial charge in [-0.3, -0.25) is 11.3 Å². The first kappa shape index (κ1) is 13.9. The molecule has 0 aliphatic heterocycles. The van der Waals surface area contributed by atoms with Crippen molar-refractivity contribution in [3.63, 3.8) is 0 Å². The zero-order valence-corrected chi connectivity index (χ0v) is 12.4. The standard InChI is InChI=1S/C12H11BrCl2N2O/c13-8-2-1-7(10(14)6-8)5-11(17-16)9-3-4-18-12(9)15/h1-4,6,11,17H,5,16H2. The molecule has 0 aliphatic rings. The first-order valence-corrected chi connectivity index (χ1v) is 6.79. The number of hydrogen-bond donors (Lipinski definition) is 2. The third-order valence-electron chi connectivity index (χ3n) is 2.66. The number of halogens is 3. The van der Waals surface area contributed by atoms with Gasteiger partial charge in [0.25, 0.3) is 0 Å². The molecule has 2 rings (SSSR count). The van der Waals surface area contributed by atoms with Gasteiger partial charge in [0.05, 0.1) is 12.3 Å². The molecule has 6 heteroatoms. The van der Waals surface area contributed by atoms with E-state index >= 15 is 0 Å². The predicted octanol–water partition coefficient (Wildman–Crippen LogP) is 4.10. The first-order valence-electron chi connectivity index (χ1n) is 5.24. The van der Waals surface area contributed by atoms with E-state index in [0.29, 0.717) is 16.7 Å². The van der Waals surface area contributed by atoms with Crippen LogP contribution in [0.3, 0.4) is 0 Å². The highest BCUT2D eigenvalue weighted by Gasteiger charge is 2.17. The van der Waals surface area contributed by atoms with E-state index in [4.69, 9.17) is 33.5 Å². The van der Waals surface area contributed by atoms with Crippen LogP contribution in [-0.4, -0.2) is 0 Å². The summed E-state index contributed by atoms with van der Waals surface area (Å²) in [5.41, 5.74) is 4.52. The van der Waals surface area contributed by atoms with Crippen LogP contribution in [0.4, 0.5) is 0 Å². The normalized spacial score (nSPS) is 12.7. The molecule has 96 valence electrons. The zero-order chi connectivity index (χ0) is 13.1. The van der Waals surface area contributed by atoms with Crippen LogP contribution in [0.1, 0.15) is 17.2 Å². The number of benzene rings is 1. The number of hydrogen-bond acceptors (Lipinski definition) is 3. The van der Waals surface area contributed by atoms with Gasteiger partial charge >= 0.3 is 0 Å². The highest BCUT2D eigenvalue weighted by Crippen LogP contribution is 2.29. The summed E-state index contributed by atoms with van der Waals surface area (Å²) in [5.74, 6) is 5.56. The lowest BCUT2D eigenvalue weighted by molar-refractivity contribution is 0.527. The molecule has 1 atom stereocenters. The minimum atomic E-state index is -0.144. The maximum absolute atomic E-state index is 6.18. The minimum Gasteiger partial charge on any atom is -0.453 e. The van der Waals surface area contributed by atoms with Gasteiger partial charge in [0, 0.05) is 15.1 Å². The van der Waals surface area contributed by atoms with Gasteiger partial charge in [0.1, 0.15) is 0 Å². The van der Waals surface area contributed by atoms with Crippen molar-refractivity contribution in [1.29, 1.82) is 0 Å². The van der Waals surface area contributed by atoms with Gasteiger partial charge in [0.2, 0.25) is 0 Å². The van der Waals surface area contributed by atoms with Crippen molar-refractivity contribution in [2.24, 2.45) is 5.84 Å². The van der Waals surface area contributed by atoms with E-state index in [0.717, 1.165) is 15.6 Å². The summed E-state index contributed by atoms with van der Waals surface area (Å²) in [6, 6.07) is 7.38. The summed E-state index contributed by atoms with van der Waals surface area (Å²) in [6.45, 7) is 0. The predicted molar refractivity (Wildman–Crippen MR) is 76.6 cm³/mol. The van der Waals surface area contributed by atoms with Gasteiger partial charge in [-0.25, -0.2) is 0 Å². The van der Waals surface area contributed by atoms with Crippen molar-refractivity contribution in [2.45, 2.75) is 12.5 Å². The summed E-state index contributed by atoms with van der Waals surface area (Å²) in [6.07, 6.45) is 2.16. The molecule has 0 amide bonds. The Morgan fingerprint density at radius 2 is 2.11 bits per heavy atom. The second-order valence-corrected chi connectivity index (χ2v) is 5.47. The highest BCUT2D eigenvalue weighted by atomic mass is 79.9. The van der Waals surface area contributed by atoms with Gasteiger partial charge < -0.3 is 4.42 Å². The summed E-state index contributed by atoms with van der Waals surface area (Å²) in [4.78, 5) is 0. The Bertz CT molecular complexity index is 545. The second-order valence-electron chi connectivity index (χ2n) is 3.81. The summed E-state index contributed by atoms with van der Waals surface area (Å²) in [7, 11) is 0. The van der Waals surface area contributed by atoms with Crippen molar-refractivity contribution in [3.05, 3.63) is 56.4 Å². The Balaban J connectivity index is 2.23. The van der Waals surface area contributed by atoms with Crippen molar-refractivity contribution in [3.8, 4) is 0 Å². The quantitative estimate of drug-likeness (QED) is 0.645. The van der Waals surface area contributed by atoms with Gasteiger partial charge in [0.15, 0.2) is 5.22 Å². The Morgan fingerprint density at radius 3 is 2.67 bits per heavy atom. The van der Waals surface area contributed by atoms with E-state index < -0.39 is 0 Å². The molecule has 2 aromatic rings. The fraction of sp³-hybridized carbons (Fsp3) is 0.167. The van der Waals surface area contributed by atoms with Crippen LogP contribution < -0.4 is 11.3 Å². The number of nitrogens with one attached hydrogen (secondary N) is 1. The highest BCUT2D eigenvalue weighted by molar-refractivity contribution is 9.10. The van der Waals surface area contributed by atoms with Gasteiger partial charge in [-0.15, -0.1) is 0 Å². The van der Waals surface area contributed by atoms with Gasteiger partial charge in [-0.05, 0) is 41.8 Å². The van der Waals surface area contributed by atoms with Crippen molar-refractivity contribution >= 4 is 39.1 Å². The molecule has 0 radical (unpaired) electrons. The SMILES string of the molecule is NNC(Cc1ccc(Br)cc1Cl)c1ccoc1Cl. The number of hydrazine groups is 1. The molecule has 0 saturated carbocycles.